The van der Waals surface area contributed by atoms with E-state index >= 15 is 0 Å². The predicted molar refractivity (Wildman–Crippen MR) is 46.4 cm³/mol. The number of aliphatic hydroxyl groups is 2. The number of aliphatic hydroxyl groups excluding tert-OH is 2. The molecule has 0 saturated heterocycles. The molecule has 1 aliphatic heterocycles. The molecule has 0 aromatic carbocycles. The Kier molecular flexibility index (Phi) is 2.10. The third-order valence-corrected chi connectivity index (χ3v) is 1.93. The van der Waals surface area contributed by atoms with Crippen LogP contribution in [-0.4, -0.2) is 38.6 Å². The number of carbonyl (C=O) groups excluding carboxylic acids is 1. The monoisotopic (exact) mass is 198 g/mol. The molecule has 0 radical (unpaired) electrons. The summed E-state index contributed by atoms with van der Waals surface area (Å²) >= 11 is 0. The van der Waals surface area contributed by atoms with E-state index in [0.717, 1.165) is 0 Å². The van der Waals surface area contributed by atoms with Gasteiger partial charge in [0.1, 0.15) is 0 Å². The number of imidazole rings is 1. The molecule has 0 bridgehead atoms. The number of hydrogen-bond donors (Lipinski definition) is 4. The number of aromatic nitrogens is 2. The first kappa shape index (κ1) is 8.97. The average Bonchev–Trinajstić information content (AvgIpc) is 2.49. The van der Waals surface area contributed by atoms with Crippen LogP contribution in [0.5, 0.6) is 0 Å². The summed E-state index contributed by atoms with van der Waals surface area (Å²) in [4.78, 5) is 15.3. The topological polar surface area (TPSA) is 99.4 Å². The molecule has 1 amide bonds. The van der Waals surface area contributed by atoms with Gasteiger partial charge in [-0.15, -0.1) is 0 Å². The first-order chi connectivity index (χ1) is 6.72. The molecule has 1 aliphatic rings. The van der Waals surface area contributed by atoms with E-state index in [0.29, 0.717) is 18.1 Å². The quantitative estimate of drug-likeness (QED) is 0.454. The standard InChI is InChI=1S/C7H10N4O3/c12-2-1-11-3-8-5-4(11)6(13)10-7(14)9-5/h3,7,9,12,14H,1-2H2,(H,10,13). The smallest absolute Gasteiger partial charge is 0.275 e. The zero-order chi connectivity index (χ0) is 10.1. The van der Waals surface area contributed by atoms with Gasteiger partial charge >= 0.3 is 0 Å². The highest BCUT2D eigenvalue weighted by Gasteiger charge is 2.26. The zero-order valence-corrected chi connectivity index (χ0v) is 7.27. The van der Waals surface area contributed by atoms with Crippen molar-refractivity contribution in [2.75, 3.05) is 11.9 Å². The molecule has 0 spiro atoms. The highest BCUT2D eigenvalue weighted by molar-refractivity contribution is 5.99. The van der Waals surface area contributed by atoms with Crippen molar-refractivity contribution in [3.05, 3.63) is 12.0 Å². The third-order valence-electron chi connectivity index (χ3n) is 1.93. The molecule has 0 aliphatic carbocycles. The number of rotatable bonds is 2. The Morgan fingerprint density at radius 1 is 1.57 bits per heavy atom. The molecule has 4 N–H and O–H groups in total. The lowest BCUT2D eigenvalue weighted by Gasteiger charge is -2.20. The highest BCUT2D eigenvalue weighted by atomic mass is 16.3. The summed E-state index contributed by atoms with van der Waals surface area (Å²) in [7, 11) is 0. The fraction of sp³-hybridized carbons (Fsp3) is 0.429. The average molecular weight is 198 g/mol. The number of nitrogens with one attached hydrogen (secondary N) is 2. The number of amides is 1. The van der Waals surface area contributed by atoms with Crippen LogP contribution in [0.3, 0.4) is 0 Å². The van der Waals surface area contributed by atoms with E-state index in [2.05, 4.69) is 15.6 Å². The van der Waals surface area contributed by atoms with Gasteiger partial charge in [-0.25, -0.2) is 4.98 Å². The van der Waals surface area contributed by atoms with Gasteiger partial charge in [0.2, 0.25) is 6.35 Å². The van der Waals surface area contributed by atoms with Crippen LogP contribution >= 0.6 is 0 Å². The Morgan fingerprint density at radius 2 is 2.36 bits per heavy atom. The molecule has 1 aromatic rings. The second-order valence-electron chi connectivity index (χ2n) is 2.88. The maximum absolute atomic E-state index is 11.4. The SMILES string of the molecule is O=C1NC(O)Nc2ncn(CCO)c21. The van der Waals surface area contributed by atoms with Gasteiger partial charge in [0.25, 0.3) is 5.91 Å². The van der Waals surface area contributed by atoms with Crippen LogP contribution in [-0.2, 0) is 6.54 Å². The van der Waals surface area contributed by atoms with Crippen LogP contribution in [0.1, 0.15) is 10.5 Å². The largest absolute Gasteiger partial charge is 0.395 e. The Morgan fingerprint density at radius 3 is 3.07 bits per heavy atom. The first-order valence-electron chi connectivity index (χ1n) is 4.14. The van der Waals surface area contributed by atoms with E-state index in [9.17, 15) is 4.79 Å². The molecule has 2 heterocycles. The number of nitrogens with zero attached hydrogens (tertiary/aromatic N) is 2. The van der Waals surface area contributed by atoms with Gasteiger partial charge < -0.3 is 25.4 Å². The molecular weight excluding hydrogens is 188 g/mol. The van der Waals surface area contributed by atoms with Crippen LogP contribution in [0.15, 0.2) is 6.33 Å². The van der Waals surface area contributed by atoms with Gasteiger partial charge in [-0.05, 0) is 0 Å². The maximum Gasteiger partial charge on any atom is 0.275 e. The molecule has 14 heavy (non-hydrogen) atoms. The van der Waals surface area contributed by atoms with Crippen LogP contribution in [0.25, 0.3) is 0 Å². The van der Waals surface area contributed by atoms with Crippen molar-refractivity contribution in [1.29, 1.82) is 0 Å². The zero-order valence-electron chi connectivity index (χ0n) is 7.27. The van der Waals surface area contributed by atoms with Gasteiger partial charge in [-0.3, -0.25) is 4.79 Å². The van der Waals surface area contributed by atoms with Crippen LogP contribution in [0, 0.1) is 0 Å². The summed E-state index contributed by atoms with van der Waals surface area (Å²) in [6.45, 7) is 0.228. The fourth-order valence-electron chi connectivity index (χ4n) is 1.36. The Balaban J connectivity index is 2.36. The maximum atomic E-state index is 11.4. The van der Waals surface area contributed by atoms with E-state index in [1.54, 1.807) is 0 Å². The van der Waals surface area contributed by atoms with Crippen molar-refractivity contribution in [2.24, 2.45) is 0 Å². The lowest BCUT2D eigenvalue weighted by Crippen LogP contribution is -2.45. The van der Waals surface area contributed by atoms with Crippen molar-refractivity contribution in [3.63, 3.8) is 0 Å². The van der Waals surface area contributed by atoms with Gasteiger partial charge in [0, 0.05) is 6.54 Å². The molecule has 7 nitrogen and oxygen atoms in total. The molecule has 0 saturated carbocycles. The van der Waals surface area contributed by atoms with Crippen molar-refractivity contribution >= 4 is 11.7 Å². The molecule has 76 valence electrons. The minimum Gasteiger partial charge on any atom is -0.395 e. The molecule has 0 fully saturated rings. The summed E-state index contributed by atoms with van der Waals surface area (Å²) in [5.41, 5.74) is 0.323. The van der Waals surface area contributed by atoms with E-state index in [-0.39, 0.29) is 6.61 Å². The Bertz CT molecular complexity index is 348. The van der Waals surface area contributed by atoms with Gasteiger partial charge in [-0.1, -0.05) is 0 Å². The summed E-state index contributed by atoms with van der Waals surface area (Å²) in [5.74, 6) is -0.0769. The second kappa shape index (κ2) is 3.28. The molecule has 7 heteroatoms. The van der Waals surface area contributed by atoms with Crippen LogP contribution < -0.4 is 10.6 Å². The third kappa shape index (κ3) is 1.32. The molecule has 1 aromatic heterocycles. The number of fused-ring (bicyclic) bond motifs is 1. The number of anilines is 1. The lowest BCUT2D eigenvalue weighted by atomic mass is 10.3. The molecular formula is C7H10N4O3. The van der Waals surface area contributed by atoms with E-state index in [1.165, 1.54) is 10.9 Å². The minimum absolute atomic E-state index is 0.0708. The van der Waals surface area contributed by atoms with E-state index in [4.69, 9.17) is 10.2 Å². The van der Waals surface area contributed by atoms with Crippen molar-refractivity contribution < 1.29 is 15.0 Å². The summed E-state index contributed by atoms with van der Waals surface area (Å²) in [6.07, 6.45) is 0.332. The van der Waals surface area contributed by atoms with E-state index in [1.807, 2.05) is 0 Å². The van der Waals surface area contributed by atoms with Crippen LogP contribution in [0.4, 0.5) is 5.82 Å². The molecule has 1 unspecified atom stereocenters. The molecule has 1 atom stereocenters. The number of hydrogen-bond acceptors (Lipinski definition) is 5. The van der Waals surface area contributed by atoms with Crippen LogP contribution in [0.2, 0.25) is 0 Å². The predicted octanol–water partition coefficient (Wildman–Crippen LogP) is -1.69. The number of carbonyl (C=O) groups is 1. The molecule has 2 rings (SSSR count). The summed E-state index contributed by atoms with van der Waals surface area (Å²) in [6, 6.07) is 0. The normalized spacial score (nSPS) is 19.9. The van der Waals surface area contributed by atoms with E-state index < -0.39 is 12.3 Å². The summed E-state index contributed by atoms with van der Waals surface area (Å²) < 4.78 is 1.52. The van der Waals surface area contributed by atoms with Gasteiger partial charge in [0.15, 0.2) is 11.5 Å². The second-order valence-corrected chi connectivity index (χ2v) is 2.88. The van der Waals surface area contributed by atoms with Crippen molar-refractivity contribution in [2.45, 2.75) is 12.9 Å². The van der Waals surface area contributed by atoms with Crippen molar-refractivity contribution in [1.82, 2.24) is 14.9 Å². The van der Waals surface area contributed by atoms with Crippen molar-refractivity contribution in [3.8, 4) is 0 Å². The van der Waals surface area contributed by atoms with Gasteiger partial charge in [-0.2, -0.15) is 0 Å². The fourth-order valence-corrected chi connectivity index (χ4v) is 1.36. The minimum atomic E-state index is -1.10. The van der Waals surface area contributed by atoms with Gasteiger partial charge in [0.05, 0.1) is 12.9 Å². The Labute approximate surface area is 79.4 Å². The summed E-state index contributed by atoms with van der Waals surface area (Å²) in [5, 5.41) is 22.7. The highest BCUT2D eigenvalue weighted by Crippen LogP contribution is 2.17. The first-order valence-corrected chi connectivity index (χ1v) is 4.14. The lowest BCUT2D eigenvalue weighted by molar-refractivity contribution is 0.0801. The Hall–Kier alpha value is -1.60.